The summed E-state index contributed by atoms with van der Waals surface area (Å²) in [7, 11) is 0. The van der Waals surface area contributed by atoms with Gasteiger partial charge in [0.15, 0.2) is 0 Å². The summed E-state index contributed by atoms with van der Waals surface area (Å²) in [6.45, 7) is 3.33. The second kappa shape index (κ2) is 3.72. The number of aromatic nitrogens is 1. The van der Waals surface area contributed by atoms with E-state index in [1.54, 1.807) is 0 Å². The van der Waals surface area contributed by atoms with Crippen molar-refractivity contribution in [1.29, 1.82) is 0 Å². The molecule has 4 nitrogen and oxygen atoms in total. The van der Waals surface area contributed by atoms with Crippen molar-refractivity contribution < 1.29 is 0 Å². The third-order valence-corrected chi connectivity index (χ3v) is 2.29. The molecule has 0 unspecified atom stereocenters. The first-order chi connectivity index (χ1) is 6.38. The Morgan fingerprint density at radius 3 is 2.92 bits per heavy atom. The lowest BCUT2D eigenvalue weighted by atomic mass is 10.2. The highest BCUT2D eigenvalue weighted by Crippen LogP contribution is 2.11. The first-order valence-electron chi connectivity index (χ1n) is 4.53. The van der Waals surface area contributed by atoms with Crippen LogP contribution in [0.15, 0.2) is 18.2 Å². The molecule has 0 atom stereocenters. The van der Waals surface area contributed by atoms with Crippen LogP contribution in [0.3, 0.4) is 0 Å². The Morgan fingerprint density at radius 2 is 2.31 bits per heavy atom. The minimum absolute atomic E-state index is 0.734. The highest BCUT2D eigenvalue weighted by molar-refractivity contribution is 5.33. The van der Waals surface area contributed by atoms with Crippen molar-refractivity contribution in [2.24, 2.45) is 5.84 Å². The van der Waals surface area contributed by atoms with Crippen molar-refractivity contribution in [2.75, 3.05) is 18.5 Å². The van der Waals surface area contributed by atoms with Gasteiger partial charge in [0.1, 0.15) is 5.82 Å². The number of hydrazine groups is 1. The number of nitrogens with one attached hydrogen (secondary N) is 1. The van der Waals surface area contributed by atoms with Gasteiger partial charge in [-0.05, 0) is 31.6 Å². The van der Waals surface area contributed by atoms with Crippen LogP contribution in [-0.2, 0) is 6.54 Å². The first-order valence-corrected chi connectivity index (χ1v) is 4.53. The summed E-state index contributed by atoms with van der Waals surface area (Å²) >= 11 is 0. The molecule has 1 aliphatic rings. The Balaban J connectivity index is 2.01. The number of hydrogen-bond donors (Lipinski definition) is 2. The van der Waals surface area contributed by atoms with Gasteiger partial charge in [-0.25, -0.2) is 10.8 Å². The summed E-state index contributed by atoms with van der Waals surface area (Å²) < 4.78 is 0. The Morgan fingerprint density at radius 1 is 1.46 bits per heavy atom. The SMILES string of the molecule is NNc1cccc(CN2CCC2)n1. The van der Waals surface area contributed by atoms with Gasteiger partial charge in [-0.3, -0.25) is 4.90 Å². The molecule has 1 fully saturated rings. The molecule has 0 spiro atoms. The number of likely N-dealkylation sites (tertiary alicyclic amines) is 1. The van der Waals surface area contributed by atoms with E-state index in [9.17, 15) is 0 Å². The average molecular weight is 178 g/mol. The molecule has 3 N–H and O–H groups in total. The van der Waals surface area contributed by atoms with E-state index in [2.05, 4.69) is 15.3 Å². The van der Waals surface area contributed by atoms with E-state index in [0.717, 1.165) is 18.1 Å². The lowest BCUT2D eigenvalue weighted by Gasteiger charge is -2.30. The maximum Gasteiger partial charge on any atom is 0.140 e. The third-order valence-electron chi connectivity index (χ3n) is 2.29. The van der Waals surface area contributed by atoms with Crippen molar-refractivity contribution in [2.45, 2.75) is 13.0 Å². The van der Waals surface area contributed by atoms with E-state index in [4.69, 9.17) is 5.84 Å². The van der Waals surface area contributed by atoms with E-state index in [1.165, 1.54) is 19.5 Å². The number of hydrogen-bond acceptors (Lipinski definition) is 4. The lowest BCUT2D eigenvalue weighted by molar-refractivity contribution is 0.170. The van der Waals surface area contributed by atoms with Gasteiger partial charge in [0.2, 0.25) is 0 Å². The molecule has 2 heterocycles. The molecule has 0 bridgehead atoms. The molecule has 1 aliphatic heterocycles. The molecule has 0 radical (unpaired) electrons. The van der Waals surface area contributed by atoms with Gasteiger partial charge in [-0.2, -0.15) is 0 Å². The van der Waals surface area contributed by atoms with E-state index in [-0.39, 0.29) is 0 Å². The molecule has 0 aliphatic carbocycles. The number of nitrogens with zero attached hydrogens (tertiary/aromatic N) is 2. The Hall–Kier alpha value is -1.13. The van der Waals surface area contributed by atoms with Gasteiger partial charge in [0.25, 0.3) is 0 Å². The molecule has 70 valence electrons. The smallest absolute Gasteiger partial charge is 0.140 e. The molecule has 13 heavy (non-hydrogen) atoms. The summed E-state index contributed by atoms with van der Waals surface area (Å²) in [5.41, 5.74) is 3.63. The van der Waals surface area contributed by atoms with Crippen molar-refractivity contribution in [1.82, 2.24) is 9.88 Å². The second-order valence-corrected chi connectivity index (χ2v) is 3.29. The van der Waals surface area contributed by atoms with Crippen LogP contribution in [0.25, 0.3) is 0 Å². The van der Waals surface area contributed by atoms with Crippen molar-refractivity contribution in [3.05, 3.63) is 23.9 Å². The molecule has 2 rings (SSSR count). The average Bonchev–Trinajstić information content (AvgIpc) is 2.12. The zero-order chi connectivity index (χ0) is 9.10. The summed E-state index contributed by atoms with van der Waals surface area (Å²) in [6, 6.07) is 5.86. The molecule has 0 amide bonds. The monoisotopic (exact) mass is 178 g/mol. The van der Waals surface area contributed by atoms with Gasteiger partial charge in [0, 0.05) is 6.54 Å². The standard InChI is InChI=1S/C9H14N4/c10-12-9-4-1-3-8(11-9)7-13-5-2-6-13/h1,3-4H,2,5-7,10H2,(H,11,12). The molecule has 0 saturated carbocycles. The van der Waals surface area contributed by atoms with Crippen LogP contribution in [0, 0.1) is 0 Å². The van der Waals surface area contributed by atoms with Crippen molar-refractivity contribution in [3.63, 3.8) is 0 Å². The van der Waals surface area contributed by atoms with E-state index in [1.807, 2.05) is 18.2 Å². The van der Waals surface area contributed by atoms with E-state index in [0.29, 0.717) is 0 Å². The highest BCUT2D eigenvalue weighted by atomic mass is 15.3. The van der Waals surface area contributed by atoms with Crippen LogP contribution >= 0.6 is 0 Å². The molecule has 1 aromatic heterocycles. The van der Waals surface area contributed by atoms with Gasteiger partial charge in [-0.15, -0.1) is 0 Å². The number of rotatable bonds is 3. The summed E-state index contributed by atoms with van der Waals surface area (Å²) in [5, 5.41) is 0. The minimum atomic E-state index is 0.734. The largest absolute Gasteiger partial charge is 0.308 e. The number of nitrogens with two attached hydrogens (primary N) is 1. The van der Waals surface area contributed by atoms with Gasteiger partial charge in [-0.1, -0.05) is 6.07 Å². The van der Waals surface area contributed by atoms with Crippen LogP contribution < -0.4 is 11.3 Å². The van der Waals surface area contributed by atoms with Gasteiger partial charge >= 0.3 is 0 Å². The van der Waals surface area contributed by atoms with Crippen LogP contribution in [0.4, 0.5) is 5.82 Å². The zero-order valence-electron chi connectivity index (χ0n) is 7.53. The van der Waals surface area contributed by atoms with Crippen LogP contribution in [-0.4, -0.2) is 23.0 Å². The quantitative estimate of drug-likeness (QED) is 0.525. The lowest BCUT2D eigenvalue weighted by Crippen LogP contribution is -2.36. The Labute approximate surface area is 77.7 Å². The van der Waals surface area contributed by atoms with Crippen LogP contribution in [0.1, 0.15) is 12.1 Å². The highest BCUT2D eigenvalue weighted by Gasteiger charge is 2.14. The number of pyridine rings is 1. The van der Waals surface area contributed by atoms with Gasteiger partial charge < -0.3 is 5.43 Å². The van der Waals surface area contributed by atoms with Crippen LogP contribution in [0.5, 0.6) is 0 Å². The topological polar surface area (TPSA) is 54.2 Å². The van der Waals surface area contributed by atoms with Crippen molar-refractivity contribution in [3.8, 4) is 0 Å². The predicted octanol–water partition coefficient (Wildman–Crippen LogP) is 0.573. The van der Waals surface area contributed by atoms with Crippen LogP contribution in [0.2, 0.25) is 0 Å². The maximum absolute atomic E-state index is 5.27. The number of anilines is 1. The zero-order valence-corrected chi connectivity index (χ0v) is 7.53. The predicted molar refractivity (Wildman–Crippen MR) is 51.9 cm³/mol. The van der Waals surface area contributed by atoms with Crippen molar-refractivity contribution >= 4 is 5.82 Å². The second-order valence-electron chi connectivity index (χ2n) is 3.29. The fraction of sp³-hybridized carbons (Fsp3) is 0.444. The van der Waals surface area contributed by atoms with E-state index < -0.39 is 0 Å². The molecule has 0 aromatic carbocycles. The Bertz CT molecular complexity index is 283. The van der Waals surface area contributed by atoms with E-state index >= 15 is 0 Å². The fourth-order valence-electron chi connectivity index (χ4n) is 1.42. The summed E-state index contributed by atoms with van der Waals surface area (Å²) in [6.07, 6.45) is 1.31. The Kier molecular flexibility index (Phi) is 2.42. The first kappa shape index (κ1) is 8.47. The molecular weight excluding hydrogens is 164 g/mol. The molecule has 1 aromatic rings. The minimum Gasteiger partial charge on any atom is -0.308 e. The normalized spacial score (nSPS) is 16.7. The van der Waals surface area contributed by atoms with Gasteiger partial charge in [0.05, 0.1) is 5.69 Å². The molecule has 1 saturated heterocycles. The summed E-state index contributed by atoms with van der Waals surface area (Å²) in [5.74, 6) is 6.00. The maximum atomic E-state index is 5.27. The number of nitrogen functional groups attached to an aromatic ring is 1. The third kappa shape index (κ3) is 1.96. The molecule has 4 heteroatoms. The summed E-state index contributed by atoms with van der Waals surface area (Å²) in [4.78, 5) is 6.70. The molecular formula is C9H14N4. The fourth-order valence-corrected chi connectivity index (χ4v) is 1.42.